The molecule has 3 N–H and O–H groups in total. The van der Waals surface area contributed by atoms with E-state index in [9.17, 15) is 0 Å². The molecule has 0 aromatic heterocycles. The van der Waals surface area contributed by atoms with E-state index in [0.717, 1.165) is 40.8 Å². The van der Waals surface area contributed by atoms with E-state index in [1.54, 1.807) is 0 Å². The van der Waals surface area contributed by atoms with Gasteiger partial charge in [0, 0.05) is 6.04 Å². The topological polar surface area (TPSA) is 47.3 Å². The zero-order valence-corrected chi connectivity index (χ0v) is 12.3. The van der Waals surface area contributed by atoms with Crippen molar-refractivity contribution in [1.82, 2.24) is 0 Å². The lowest BCUT2D eigenvalue weighted by molar-refractivity contribution is 0.244. The van der Waals surface area contributed by atoms with Crippen LogP contribution in [0.25, 0.3) is 0 Å². The Morgan fingerprint density at radius 3 is 2.55 bits per heavy atom. The Morgan fingerprint density at radius 1 is 1.20 bits per heavy atom. The van der Waals surface area contributed by atoms with Crippen LogP contribution in [0.3, 0.4) is 0 Å². The van der Waals surface area contributed by atoms with Gasteiger partial charge < -0.3 is 15.8 Å². The molecule has 3 heteroatoms. The first kappa shape index (κ1) is 12.4. The quantitative estimate of drug-likeness (QED) is 0.825. The van der Waals surface area contributed by atoms with E-state index in [0.29, 0.717) is 6.04 Å². The number of hydrogen-bond acceptors (Lipinski definition) is 3. The molecule has 0 spiro atoms. The van der Waals surface area contributed by atoms with Crippen LogP contribution in [0, 0.1) is 23.7 Å². The standard InChI is InChI=1S/C17H24N2O/c1-9(2)20-13-5-3-4-12(16(13)18)19-17-14-10-6-7-11(8-10)15(14)17/h3-5,9-11,14-15,17,19H,6-8,18H2,1-2H3. The maximum atomic E-state index is 6.26. The fourth-order valence-corrected chi connectivity index (χ4v) is 4.72. The Bertz CT molecular complexity index is 512. The monoisotopic (exact) mass is 272 g/mol. The number of ether oxygens (including phenoxy) is 1. The van der Waals surface area contributed by atoms with Crippen LogP contribution in [0.5, 0.6) is 5.75 Å². The first-order valence-corrected chi connectivity index (χ1v) is 7.97. The number of nitrogens with one attached hydrogen (secondary N) is 1. The number of fused-ring (bicyclic) bond motifs is 5. The summed E-state index contributed by atoms with van der Waals surface area (Å²) >= 11 is 0. The van der Waals surface area contributed by atoms with E-state index >= 15 is 0 Å². The minimum absolute atomic E-state index is 0.156. The molecular formula is C17H24N2O. The van der Waals surface area contributed by atoms with Crippen molar-refractivity contribution in [2.24, 2.45) is 23.7 Å². The van der Waals surface area contributed by atoms with Crippen LogP contribution in [-0.4, -0.2) is 12.1 Å². The van der Waals surface area contributed by atoms with E-state index in [4.69, 9.17) is 10.5 Å². The molecule has 4 atom stereocenters. The largest absolute Gasteiger partial charge is 0.489 e. The molecule has 20 heavy (non-hydrogen) atoms. The van der Waals surface area contributed by atoms with E-state index in [1.807, 2.05) is 26.0 Å². The molecule has 3 saturated carbocycles. The summed E-state index contributed by atoms with van der Waals surface area (Å²) in [5.74, 6) is 4.61. The van der Waals surface area contributed by atoms with Gasteiger partial charge in [0.2, 0.25) is 0 Å². The normalized spacial score (nSPS) is 37.0. The summed E-state index contributed by atoms with van der Waals surface area (Å²) in [6.07, 6.45) is 4.55. The van der Waals surface area contributed by atoms with E-state index < -0.39 is 0 Å². The van der Waals surface area contributed by atoms with Crippen LogP contribution in [0.1, 0.15) is 33.1 Å². The molecule has 1 aromatic rings. The molecule has 0 heterocycles. The molecule has 0 radical (unpaired) electrons. The Kier molecular flexibility index (Phi) is 2.66. The number of nitrogen functional groups attached to an aromatic ring is 1. The fourth-order valence-electron chi connectivity index (χ4n) is 4.72. The molecule has 3 aliphatic rings. The number of benzene rings is 1. The molecule has 0 aliphatic heterocycles. The second-order valence-electron chi connectivity index (χ2n) is 7.04. The van der Waals surface area contributed by atoms with Crippen molar-refractivity contribution in [3.63, 3.8) is 0 Å². The summed E-state index contributed by atoms with van der Waals surface area (Å²) in [5, 5.41) is 3.70. The second kappa shape index (κ2) is 4.31. The third kappa shape index (κ3) is 1.79. The summed E-state index contributed by atoms with van der Waals surface area (Å²) < 4.78 is 5.77. The van der Waals surface area contributed by atoms with Crippen LogP contribution in [0.15, 0.2) is 18.2 Å². The van der Waals surface area contributed by atoms with Gasteiger partial charge in [-0.25, -0.2) is 0 Å². The van der Waals surface area contributed by atoms with Crippen LogP contribution in [0.4, 0.5) is 11.4 Å². The van der Waals surface area contributed by atoms with Gasteiger partial charge in [0.25, 0.3) is 0 Å². The minimum atomic E-state index is 0.156. The maximum Gasteiger partial charge on any atom is 0.144 e. The number of anilines is 2. The summed E-state index contributed by atoms with van der Waals surface area (Å²) in [6.45, 7) is 4.06. The van der Waals surface area contributed by atoms with Gasteiger partial charge in [0.1, 0.15) is 5.75 Å². The zero-order valence-electron chi connectivity index (χ0n) is 12.3. The SMILES string of the molecule is CC(C)Oc1cccc(NC2C3C4CCC(C4)C23)c1N. The molecule has 4 unspecified atom stereocenters. The summed E-state index contributed by atoms with van der Waals surface area (Å²) in [6, 6.07) is 6.73. The number of rotatable bonds is 4. The van der Waals surface area contributed by atoms with Gasteiger partial charge in [-0.15, -0.1) is 0 Å². The van der Waals surface area contributed by atoms with E-state index in [2.05, 4.69) is 11.4 Å². The Morgan fingerprint density at radius 2 is 1.90 bits per heavy atom. The Hall–Kier alpha value is -1.38. The van der Waals surface area contributed by atoms with Crippen LogP contribution in [-0.2, 0) is 0 Å². The zero-order chi connectivity index (χ0) is 13.9. The van der Waals surface area contributed by atoms with Crippen molar-refractivity contribution in [1.29, 1.82) is 0 Å². The van der Waals surface area contributed by atoms with Crippen molar-refractivity contribution in [2.45, 2.75) is 45.3 Å². The van der Waals surface area contributed by atoms with Gasteiger partial charge in [0.15, 0.2) is 0 Å². The van der Waals surface area contributed by atoms with Gasteiger partial charge in [-0.1, -0.05) is 6.07 Å². The number of para-hydroxylation sites is 1. The minimum Gasteiger partial charge on any atom is -0.489 e. The fraction of sp³-hybridized carbons (Fsp3) is 0.647. The van der Waals surface area contributed by atoms with Crippen LogP contribution >= 0.6 is 0 Å². The number of hydrogen-bond donors (Lipinski definition) is 2. The molecule has 0 amide bonds. The summed E-state index contributed by atoms with van der Waals surface area (Å²) in [4.78, 5) is 0. The van der Waals surface area contributed by atoms with Crippen molar-refractivity contribution in [2.75, 3.05) is 11.1 Å². The molecule has 108 valence electrons. The average molecular weight is 272 g/mol. The third-order valence-electron chi connectivity index (χ3n) is 5.49. The van der Waals surface area contributed by atoms with Crippen molar-refractivity contribution >= 4 is 11.4 Å². The Balaban J connectivity index is 1.50. The van der Waals surface area contributed by atoms with Gasteiger partial charge in [-0.05, 0) is 68.9 Å². The van der Waals surface area contributed by atoms with Crippen LogP contribution in [0.2, 0.25) is 0 Å². The molecule has 2 bridgehead atoms. The van der Waals surface area contributed by atoms with Crippen molar-refractivity contribution in [3.05, 3.63) is 18.2 Å². The highest BCUT2D eigenvalue weighted by Gasteiger charge is 2.65. The molecule has 3 aliphatic carbocycles. The van der Waals surface area contributed by atoms with E-state index in [-0.39, 0.29) is 6.10 Å². The molecule has 3 nitrogen and oxygen atoms in total. The van der Waals surface area contributed by atoms with Gasteiger partial charge in [-0.2, -0.15) is 0 Å². The predicted octanol–water partition coefficient (Wildman–Crippen LogP) is 3.51. The molecule has 3 fully saturated rings. The Labute approximate surface area is 120 Å². The molecular weight excluding hydrogens is 248 g/mol. The smallest absolute Gasteiger partial charge is 0.144 e. The third-order valence-corrected chi connectivity index (χ3v) is 5.49. The number of nitrogens with two attached hydrogens (primary N) is 1. The first-order chi connectivity index (χ1) is 9.65. The highest BCUT2D eigenvalue weighted by Crippen LogP contribution is 2.66. The average Bonchev–Trinajstić information content (AvgIpc) is 2.81. The van der Waals surface area contributed by atoms with Crippen LogP contribution < -0.4 is 15.8 Å². The lowest BCUT2D eigenvalue weighted by atomic mass is 10.0. The molecule has 1 aromatic carbocycles. The molecule has 0 saturated heterocycles. The maximum absolute atomic E-state index is 6.26. The summed E-state index contributed by atoms with van der Waals surface area (Å²) in [5.41, 5.74) is 8.08. The van der Waals surface area contributed by atoms with Crippen molar-refractivity contribution in [3.8, 4) is 5.75 Å². The lowest BCUT2D eigenvalue weighted by Crippen LogP contribution is -2.14. The first-order valence-electron chi connectivity index (χ1n) is 7.97. The highest BCUT2D eigenvalue weighted by atomic mass is 16.5. The summed E-state index contributed by atoms with van der Waals surface area (Å²) in [7, 11) is 0. The molecule has 4 rings (SSSR count). The lowest BCUT2D eigenvalue weighted by Gasteiger charge is -2.17. The van der Waals surface area contributed by atoms with Gasteiger partial charge >= 0.3 is 0 Å². The predicted molar refractivity (Wildman–Crippen MR) is 81.8 cm³/mol. The van der Waals surface area contributed by atoms with Gasteiger partial charge in [-0.3, -0.25) is 0 Å². The van der Waals surface area contributed by atoms with Crippen molar-refractivity contribution < 1.29 is 4.74 Å². The highest BCUT2D eigenvalue weighted by molar-refractivity contribution is 5.73. The van der Waals surface area contributed by atoms with E-state index in [1.165, 1.54) is 19.3 Å². The second-order valence-corrected chi connectivity index (χ2v) is 7.04. The van der Waals surface area contributed by atoms with Gasteiger partial charge in [0.05, 0.1) is 17.5 Å².